The molecular weight excluding hydrogens is 290 g/mol. The van der Waals surface area contributed by atoms with Crippen LogP contribution in [0, 0.1) is 0 Å². The quantitative estimate of drug-likeness (QED) is 0.779. The van der Waals surface area contributed by atoms with Crippen LogP contribution >= 0.6 is 0 Å². The van der Waals surface area contributed by atoms with Gasteiger partial charge in [0, 0.05) is 18.6 Å². The first kappa shape index (κ1) is 18.7. The number of nitrogens with zero attached hydrogens (tertiary/aromatic N) is 2. The first-order valence-electron chi connectivity index (χ1n) is 9.32. The summed E-state index contributed by atoms with van der Waals surface area (Å²) in [5.74, 6) is 0.112. The lowest BCUT2D eigenvalue weighted by Gasteiger charge is -2.41. The molecule has 0 radical (unpaired) electrons. The molecule has 5 nitrogen and oxygen atoms in total. The predicted molar refractivity (Wildman–Crippen MR) is 93.4 cm³/mol. The molecule has 0 aromatic carbocycles. The second-order valence-corrected chi connectivity index (χ2v) is 7.93. The smallest absolute Gasteiger partial charge is 0.234 e. The van der Waals surface area contributed by atoms with Gasteiger partial charge in [-0.05, 0) is 59.7 Å². The van der Waals surface area contributed by atoms with Gasteiger partial charge in [-0.1, -0.05) is 19.3 Å². The van der Waals surface area contributed by atoms with E-state index in [1.54, 1.807) is 0 Å². The van der Waals surface area contributed by atoms with Gasteiger partial charge >= 0.3 is 0 Å². The van der Waals surface area contributed by atoms with Crippen molar-refractivity contribution in [2.24, 2.45) is 0 Å². The van der Waals surface area contributed by atoms with E-state index in [4.69, 9.17) is 0 Å². The Balaban J connectivity index is 1.71. The molecule has 2 fully saturated rings. The Morgan fingerprint density at radius 3 is 2.43 bits per heavy atom. The third-order valence-corrected chi connectivity index (χ3v) is 5.33. The molecule has 5 heteroatoms. The van der Waals surface area contributed by atoms with E-state index in [9.17, 15) is 9.90 Å². The minimum atomic E-state index is -0.450. The zero-order valence-corrected chi connectivity index (χ0v) is 15.2. The SMILES string of the molecule is CC(C)NC(=O)CN(C)C1CCN(CC2(O)CCCCC2)CC1. The molecule has 1 saturated carbocycles. The van der Waals surface area contributed by atoms with Crippen LogP contribution in [0.3, 0.4) is 0 Å². The van der Waals surface area contributed by atoms with E-state index < -0.39 is 5.60 Å². The standard InChI is InChI=1S/C18H35N3O2/c1-15(2)19-17(22)13-20(3)16-7-11-21(12-8-16)14-18(23)9-5-4-6-10-18/h15-16,23H,4-14H2,1-3H3,(H,19,22). The van der Waals surface area contributed by atoms with Crippen LogP contribution in [0.4, 0.5) is 0 Å². The Kier molecular flexibility index (Phi) is 6.86. The molecule has 2 N–H and O–H groups in total. The largest absolute Gasteiger partial charge is 0.389 e. The van der Waals surface area contributed by atoms with Gasteiger partial charge in [0.1, 0.15) is 0 Å². The van der Waals surface area contributed by atoms with Crippen LogP contribution in [-0.2, 0) is 4.79 Å². The molecule has 1 aliphatic heterocycles. The summed E-state index contributed by atoms with van der Waals surface area (Å²) in [5, 5.41) is 13.7. The van der Waals surface area contributed by atoms with Gasteiger partial charge < -0.3 is 15.3 Å². The third kappa shape index (κ3) is 6.05. The van der Waals surface area contributed by atoms with E-state index in [-0.39, 0.29) is 11.9 Å². The Hall–Kier alpha value is -0.650. The molecule has 2 aliphatic rings. The Morgan fingerprint density at radius 2 is 1.87 bits per heavy atom. The highest BCUT2D eigenvalue weighted by Crippen LogP contribution is 2.29. The van der Waals surface area contributed by atoms with Gasteiger partial charge in [-0.25, -0.2) is 0 Å². The molecule has 0 aromatic heterocycles. The Labute approximate surface area is 141 Å². The summed E-state index contributed by atoms with van der Waals surface area (Å²) in [4.78, 5) is 16.5. The number of hydrogen-bond donors (Lipinski definition) is 2. The number of hydrogen-bond acceptors (Lipinski definition) is 4. The van der Waals surface area contributed by atoms with Crippen molar-refractivity contribution in [2.75, 3.05) is 33.2 Å². The maximum absolute atomic E-state index is 11.9. The molecule has 0 aromatic rings. The van der Waals surface area contributed by atoms with E-state index in [1.165, 1.54) is 19.3 Å². The molecule has 0 bridgehead atoms. The molecular formula is C18H35N3O2. The number of rotatable bonds is 6. The highest BCUT2D eigenvalue weighted by Gasteiger charge is 2.33. The molecule has 134 valence electrons. The summed E-state index contributed by atoms with van der Waals surface area (Å²) in [5.41, 5.74) is -0.450. The lowest BCUT2D eigenvalue weighted by atomic mass is 9.84. The number of amides is 1. The van der Waals surface area contributed by atoms with E-state index in [0.717, 1.165) is 45.3 Å². The van der Waals surface area contributed by atoms with E-state index >= 15 is 0 Å². The van der Waals surface area contributed by atoms with Gasteiger partial charge in [0.05, 0.1) is 12.1 Å². The zero-order chi connectivity index (χ0) is 16.9. The van der Waals surface area contributed by atoms with Crippen molar-refractivity contribution < 1.29 is 9.90 Å². The topological polar surface area (TPSA) is 55.8 Å². The summed E-state index contributed by atoms with van der Waals surface area (Å²) in [6, 6.07) is 0.680. The number of nitrogens with one attached hydrogen (secondary N) is 1. The van der Waals surface area contributed by atoms with Gasteiger partial charge in [-0.2, -0.15) is 0 Å². The fourth-order valence-corrected chi connectivity index (χ4v) is 4.03. The predicted octanol–water partition coefficient (Wildman–Crippen LogP) is 1.60. The van der Waals surface area contributed by atoms with Crippen molar-refractivity contribution in [2.45, 2.75) is 76.5 Å². The van der Waals surface area contributed by atoms with Crippen molar-refractivity contribution in [3.05, 3.63) is 0 Å². The number of carbonyl (C=O) groups is 1. The molecule has 23 heavy (non-hydrogen) atoms. The van der Waals surface area contributed by atoms with Gasteiger partial charge in [-0.15, -0.1) is 0 Å². The van der Waals surface area contributed by atoms with Gasteiger partial charge in [0.2, 0.25) is 5.91 Å². The maximum Gasteiger partial charge on any atom is 0.234 e. The number of carbonyl (C=O) groups excluding carboxylic acids is 1. The number of β-amino-alcohol motifs (C(OH)–C–C–N with tert-alkyl or cyclic N) is 1. The number of likely N-dealkylation sites (tertiary alicyclic amines) is 1. The van der Waals surface area contributed by atoms with Crippen molar-refractivity contribution in [3.8, 4) is 0 Å². The second kappa shape index (κ2) is 8.45. The lowest BCUT2D eigenvalue weighted by Crippen LogP contribution is -2.51. The number of likely N-dealkylation sites (N-methyl/N-ethyl adjacent to an activating group) is 1. The first-order valence-corrected chi connectivity index (χ1v) is 9.32. The molecule has 0 atom stereocenters. The summed E-state index contributed by atoms with van der Waals surface area (Å²) in [6.07, 6.45) is 7.70. The lowest BCUT2D eigenvalue weighted by molar-refractivity contribution is -0.123. The minimum absolute atomic E-state index is 0.112. The Morgan fingerprint density at radius 1 is 1.26 bits per heavy atom. The van der Waals surface area contributed by atoms with E-state index in [0.29, 0.717) is 12.6 Å². The second-order valence-electron chi connectivity index (χ2n) is 7.93. The minimum Gasteiger partial charge on any atom is -0.389 e. The van der Waals surface area contributed by atoms with Gasteiger partial charge in [0.25, 0.3) is 0 Å². The number of aliphatic hydroxyl groups is 1. The molecule has 0 unspecified atom stereocenters. The van der Waals surface area contributed by atoms with E-state index in [1.807, 2.05) is 13.8 Å². The van der Waals surface area contributed by atoms with Crippen LogP contribution < -0.4 is 5.32 Å². The van der Waals surface area contributed by atoms with E-state index in [2.05, 4.69) is 22.2 Å². The van der Waals surface area contributed by atoms with Gasteiger partial charge in [0.15, 0.2) is 0 Å². The molecule has 1 heterocycles. The van der Waals surface area contributed by atoms with Crippen LogP contribution in [0.1, 0.15) is 58.8 Å². The van der Waals surface area contributed by atoms with Crippen LogP contribution in [0.15, 0.2) is 0 Å². The highest BCUT2D eigenvalue weighted by molar-refractivity contribution is 5.78. The van der Waals surface area contributed by atoms with Gasteiger partial charge in [-0.3, -0.25) is 9.69 Å². The summed E-state index contributed by atoms with van der Waals surface area (Å²) in [6.45, 7) is 7.36. The highest BCUT2D eigenvalue weighted by atomic mass is 16.3. The fraction of sp³-hybridized carbons (Fsp3) is 0.944. The summed E-state index contributed by atoms with van der Waals surface area (Å²) < 4.78 is 0. The van der Waals surface area contributed by atoms with Crippen LogP contribution in [-0.4, -0.2) is 71.7 Å². The average Bonchev–Trinajstić information content (AvgIpc) is 2.47. The van der Waals surface area contributed by atoms with Crippen LogP contribution in [0.25, 0.3) is 0 Å². The molecule has 1 saturated heterocycles. The Bertz CT molecular complexity index is 372. The molecule has 2 rings (SSSR count). The maximum atomic E-state index is 11.9. The average molecular weight is 325 g/mol. The van der Waals surface area contributed by atoms with Crippen molar-refractivity contribution >= 4 is 5.91 Å². The zero-order valence-electron chi connectivity index (χ0n) is 15.2. The first-order chi connectivity index (χ1) is 10.9. The molecule has 1 amide bonds. The summed E-state index contributed by atoms with van der Waals surface area (Å²) in [7, 11) is 2.05. The van der Waals surface area contributed by atoms with Crippen molar-refractivity contribution in [3.63, 3.8) is 0 Å². The third-order valence-electron chi connectivity index (χ3n) is 5.33. The van der Waals surface area contributed by atoms with Crippen molar-refractivity contribution in [1.29, 1.82) is 0 Å². The monoisotopic (exact) mass is 325 g/mol. The summed E-state index contributed by atoms with van der Waals surface area (Å²) >= 11 is 0. The number of piperidine rings is 1. The molecule has 0 spiro atoms. The fourth-order valence-electron chi connectivity index (χ4n) is 4.03. The van der Waals surface area contributed by atoms with Crippen LogP contribution in [0.2, 0.25) is 0 Å². The normalized spacial score (nSPS) is 23.4. The van der Waals surface area contributed by atoms with Crippen molar-refractivity contribution in [1.82, 2.24) is 15.1 Å². The van der Waals surface area contributed by atoms with Crippen LogP contribution in [0.5, 0.6) is 0 Å². The molecule has 1 aliphatic carbocycles.